The zero-order valence-electron chi connectivity index (χ0n) is 18.4. The Kier molecular flexibility index (Phi) is 6.53. The molecule has 2 aromatic rings. The third kappa shape index (κ3) is 4.08. The maximum absolute atomic E-state index is 13.0. The van der Waals surface area contributed by atoms with Gasteiger partial charge in [0.2, 0.25) is 11.8 Å². The lowest BCUT2D eigenvalue weighted by Gasteiger charge is -2.27. The number of hydrogen-bond acceptors (Lipinski definition) is 5. The largest absolute Gasteiger partial charge is 0.378 e. The molecule has 2 heterocycles. The summed E-state index contributed by atoms with van der Waals surface area (Å²) in [6.07, 6.45) is 1.76. The maximum Gasteiger partial charge on any atom is 0.242 e. The molecule has 1 aliphatic rings. The number of anilines is 2. The van der Waals surface area contributed by atoms with Crippen LogP contribution in [0.2, 0.25) is 0 Å². The summed E-state index contributed by atoms with van der Waals surface area (Å²) in [6.45, 7) is 7.57. The molecule has 0 atom stereocenters. The van der Waals surface area contributed by atoms with Gasteiger partial charge in [0.15, 0.2) is 0 Å². The van der Waals surface area contributed by atoms with Gasteiger partial charge in [-0.25, -0.2) is 0 Å². The Morgan fingerprint density at radius 2 is 1.87 bits per heavy atom. The molecule has 1 aromatic heterocycles. The lowest BCUT2D eigenvalue weighted by Crippen LogP contribution is -2.47. The van der Waals surface area contributed by atoms with E-state index in [0.29, 0.717) is 26.2 Å². The number of aromatic nitrogens is 1. The molecular formula is C23H30N4O3. The van der Waals surface area contributed by atoms with Crippen molar-refractivity contribution in [2.45, 2.75) is 40.5 Å². The molecule has 0 aliphatic carbocycles. The Morgan fingerprint density at radius 1 is 1.10 bits per heavy atom. The molecule has 2 amide bonds. The van der Waals surface area contributed by atoms with Crippen LogP contribution in [0.5, 0.6) is 0 Å². The van der Waals surface area contributed by atoms with E-state index in [-0.39, 0.29) is 11.8 Å². The highest BCUT2D eigenvalue weighted by Gasteiger charge is 2.45. The Hall–Kier alpha value is -2.77. The van der Waals surface area contributed by atoms with Gasteiger partial charge in [-0.15, -0.1) is 0 Å². The van der Waals surface area contributed by atoms with Crippen LogP contribution in [0, 0.1) is 5.41 Å². The Morgan fingerprint density at radius 3 is 2.57 bits per heavy atom. The van der Waals surface area contributed by atoms with Crippen molar-refractivity contribution < 1.29 is 14.3 Å². The van der Waals surface area contributed by atoms with Crippen molar-refractivity contribution in [3.8, 4) is 0 Å². The molecule has 7 heteroatoms. The molecule has 1 aliphatic heterocycles. The molecule has 0 spiro atoms. The van der Waals surface area contributed by atoms with Crippen molar-refractivity contribution in [1.82, 2.24) is 10.3 Å². The average Bonchev–Trinajstić information content (AvgIpc) is 2.79. The highest BCUT2D eigenvalue weighted by Crippen LogP contribution is 2.38. The number of carbonyl (C=O) groups excluding carboxylic acids is 2. The molecule has 0 radical (unpaired) electrons. The summed E-state index contributed by atoms with van der Waals surface area (Å²) >= 11 is 0. The molecule has 0 bridgehead atoms. The van der Waals surface area contributed by atoms with Crippen LogP contribution in [0.25, 0.3) is 0 Å². The molecule has 0 unspecified atom stereocenters. The molecule has 30 heavy (non-hydrogen) atoms. The van der Waals surface area contributed by atoms with E-state index >= 15 is 0 Å². The van der Waals surface area contributed by atoms with Crippen LogP contribution in [-0.2, 0) is 34.0 Å². The fourth-order valence-electron chi connectivity index (χ4n) is 3.80. The predicted octanol–water partition coefficient (Wildman–Crippen LogP) is 2.87. The van der Waals surface area contributed by atoms with Gasteiger partial charge in [-0.3, -0.25) is 14.6 Å². The van der Waals surface area contributed by atoms with Gasteiger partial charge in [0.25, 0.3) is 0 Å². The average molecular weight is 411 g/mol. The van der Waals surface area contributed by atoms with Crippen LogP contribution in [-0.4, -0.2) is 37.5 Å². The van der Waals surface area contributed by atoms with Crippen LogP contribution < -0.4 is 15.1 Å². The highest BCUT2D eigenvalue weighted by molar-refractivity contribution is 6.19. The van der Waals surface area contributed by atoms with Crippen LogP contribution >= 0.6 is 0 Å². The van der Waals surface area contributed by atoms with Crippen molar-refractivity contribution in [2.75, 3.05) is 30.5 Å². The monoisotopic (exact) mass is 410 g/mol. The normalized spacial score (nSPS) is 15.9. The van der Waals surface area contributed by atoms with Crippen LogP contribution in [0.1, 0.15) is 37.6 Å². The van der Waals surface area contributed by atoms with E-state index in [1.165, 1.54) is 0 Å². The SMILES string of the molecule is CCN1C(=O)C(C)(C)C(=O)N(C)c2cc(CNCc3cccnc3COC)ccc21. The van der Waals surface area contributed by atoms with E-state index in [0.717, 1.165) is 28.2 Å². The zero-order chi connectivity index (χ0) is 21.9. The first kappa shape index (κ1) is 21.9. The van der Waals surface area contributed by atoms with Gasteiger partial charge < -0.3 is 19.9 Å². The molecule has 0 saturated carbocycles. The fourth-order valence-corrected chi connectivity index (χ4v) is 3.80. The van der Waals surface area contributed by atoms with Crippen molar-refractivity contribution in [1.29, 1.82) is 0 Å². The van der Waals surface area contributed by atoms with E-state index in [1.54, 1.807) is 44.0 Å². The summed E-state index contributed by atoms with van der Waals surface area (Å²) in [5, 5.41) is 3.44. The van der Waals surface area contributed by atoms with Crippen LogP contribution in [0.3, 0.4) is 0 Å². The van der Waals surface area contributed by atoms with Gasteiger partial charge in [-0.2, -0.15) is 0 Å². The second-order valence-electron chi connectivity index (χ2n) is 8.01. The van der Waals surface area contributed by atoms with E-state index < -0.39 is 5.41 Å². The lowest BCUT2D eigenvalue weighted by atomic mass is 9.90. The topological polar surface area (TPSA) is 74.8 Å². The number of pyridine rings is 1. The summed E-state index contributed by atoms with van der Waals surface area (Å²) in [4.78, 5) is 33.6. The predicted molar refractivity (Wildman–Crippen MR) is 117 cm³/mol. The van der Waals surface area contributed by atoms with Gasteiger partial charge in [-0.1, -0.05) is 12.1 Å². The summed E-state index contributed by atoms with van der Waals surface area (Å²) < 4.78 is 5.22. The van der Waals surface area contributed by atoms with Crippen molar-refractivity contribution >= 4 is 23.2 Å². The highest BCUT2D eigenvalue weighted by atomic mass is 16.5. The molecule has 1 aromatic carbocycles. The van der Waals surface area contributed by atoms with Crippen molar-refractivity contribution in [3.05, 3.63) is 53.3 Å². The van der Waals surface area contributed by atoms with Crippen LogP contribution in [0.15, 0.2) is 36.5 Å². The molecular weight excluding hydrogens is 380 g/mol. The Bertz CT molecular complexity index is 942. The number of fused-ring (bicyclic) bond motifs is 1. The zero-order valence-corrected chi connectivity index (χ0v) is 18.4. The number of nitrogens with one attached hydrogen (secondary N) is 1. The van der Waals surface area contributed by atoms with Crippen molar-refractivity contribution in [3.63, 3.8) is 0 Å². The number of benzene rings is 1. The number of nitrogens with zero attached hydrogens (tertiary/aromatic N) is 3. The van der Waals surface area contributed by atoms with Crippen molar-refractivity contribution in [2.24, 2.45) is 5.41 Å². The third-order valence-corrected chi connectivity index (χ3v) is 5.54. The molecule has 7 nitrogen and oxygen atoms in total. The number of amides is 2. The quantitative estimate of drug-likeness (QED) is 0.711. The Labute approximate surface area is 178 Å². The van der Waals surface area contributed by atoms with Gasteiger partial charge >= 0.3 is 0 Å². The van der Waals surface area contributed by atoms with E-state index in [9.17, 15) is 9.59 Å². The molecule has 160 valence electrons. The van der Waals surface area contributed by atoms with Gasteiger partial charge in [-0.05, 0) is 50.1 Å². The smallest absolute Gasteiger partial charge is 0.242 e. The first-order chi connectivity index (χ1) is 14.3. The van der Waals surface area contributed by atoms with Gasteiger partial charge in [0.1, 0.15) is 5.41 Å². The summed E-state index contributed by atoms with van der Waals surface area (Å²) in [7, 11) is 3.39. The lowest BCUT2D eigenvalue weighted by molar-refractivity contribution is -0.137. The van der Waals surface area contributed by atoms with E-state index in [2.05, 4.69) is 10.3 Å². The summed E-state index contributed by atoms with van der Waals surface area (Å²) in [5.74, 6) is -0.372. The van der Waals surface area contributed by atoms with Gasteiger partial charge in [0, 0.05) is 40.0 Å². The van der Waals surface area contributed by atoms with E-state index in [4.69, 9.17) is 4.74 Å². The minimum absolute atomic E-state index is 0.172. The standard InChI is InChI=1S/C23H30N4O3/c1-6-27-19-10-9-16(12-20(19)26(4)21(28)23(2,3)22(27)29)13-24-14-17-8-7-11-25-18(17)15-30-5/h7-12,24H,6,13-15H2,1-5H3. The first-order valence-electron chi connectivity index (χ1n) is 10.2. The fraction of sp³-hybridized carbons (Fsp3) is 0.435. The third-order valence-electron chi connectivity index (χ3n) is 5.54. The number of carbonyl (C=O) groups is 2. The maximum atomic E-state index is 13.0. The minimum Gasteiger partial charge on any atom is -0.378 e. The number of ether oxygens (including phenoxy) is 1. The molecule has 0 saturated heterocycles. The second kappa shape index (κ2) is 8.93. The number of methoxy groups -OCH3 is 1. The second-order valence-corrected chi connectivity index (χ2v) is 8.01. The van der Waals surface area contributed by atoms with Crippen LogP contribution in [0.4, 0.5) is 11.4 Å². The number of rotatable bonds is 7. The molecule has 1 N–H and O–H groups in total. The first-order valence-corrected chi connectivity index (χ1v) is 10.2. The Balaban J connectivity index is 1.82. The van der Waals surface area contributed by atoms with Gasteiger partial charge in [0.05, 0.1) is 23.7 Å². The minimum atomic E-state index is -1.10. The molecule has 3 rings (SSSR count). The molecule has 0 fully saturated rings. The summed E-state index contributed by atoms with van der Waals surface area (Å²) in [5.41, 5.74) is 3.46. The number of hydrogen-bond donors (Lipinski definition) is 1. The van der Waals surface area contributed by atoms with E-state index in [1.807, 2.05) is 37.3 Å². The summed E-state index contributed by atoms with van der Waals surface area (Å²) in [6, 6.07) is 9.86.